The van der Waals surface area contributed by atoms with Crippen molar-refractivity contribution in [1.82, 2.24) is 10.2 Å². The predicted molar refractivity (Wildman–Crippen MR) is 67.0 cm³/mol. The molecule has 0 amide bonds. The molecule has 2 rings (SSSR count). The van der Waals surface area contributed by atoms with Gasteiger partial charge >= 0.3 is 6.18 Å². The molecule has 0 bridgehead atoms. The van der Waals surface area contributed by atoms with Crippen LogP contribution in [0.4, 0.5) is 13.2 Å². The molecule has 3 nitrogen and oxygen atoms in total. The second-order valence-electron chi connectivity index (χ2n) is 5.81. The molecule has 19 heavy (non-hydrogen) atoms. The maximum atomic E-state index is 12.3. The van der Waals surface area contributed by atoms with Crippen LogP contribution in [-0.4, -0.2) is 57.0 Å². The van der Waals surface area contributed by atoms with E-state index in [0.29, 0.717) is 37.6 Å². The fourth-order valence-corrected chi connectivity index (χ4v) is 2.83. The summed E-state index contributed by atoms with van der Waals surface area (Å²) in [5.41, 5.74) is 0. The molecule has 2 aliphatic rings. The molecule has 0 aromatic carbocycles. The molecular weight excluding hydrogens is 257 g/mol. The molecule has 1 saturated carbocycles. The first-order valence-electron chi connectivity index (χ1n) is 6.99. The molecule has 6 heteroatoms. The Balaban J connectivity index is 1.66. The van der Waals surface area contributed by atoms with E-state index in [2.05, 4.69) is 5.32 Å². The Kier molecular flexibility index (Phi) is 5.09. The zero-order chi connectivity index (χ0) is 13.9. The van der Waals surface area contributed by atoms with Gasteiger partial charge in [-0.2, -0.15) is 13.2 Å². The smallest absolute Gasteiger partial charge is 0.383 e. The van der Waals surface area contributed by atoms with Crippen molar-refractivity contribution in [2.45, 2.75) is 31.5 Å². The zero-order valence-electron chi connectivity index (χ0n) is 11.4. The summed E-state index contributed by atoms with van der Waals surface area (Å²) in [6.45, 7) is 1.84. The van der Waals surface area contributed by atoms with Gasteiger partial charge < -0.3 is 10.1 Å². The van der Waals surface area contributed by atoms with Gasteiger partial charge in [0.15, 0.2) is 0 Å². The standard InChI is InChI=1S/C13H23F3N2O/c1-19-8-12(11-2-3-11)17-6-10-4-5-18(7-10)9-13(14,15)16/h10-12,17H,2-9H2,1H3. The Morgan fingerprint density at radius 1 is 1.32 bits per heavy atom. The van der Waals surface area contributed by atoms with Gasteiger partial charge in [0.1, 0.15) is 0 Å². The number of ether oxygens (including phenoxy) is 1. The van der Waals surface area contributed by atoms with Crippen molar-refractivity contribution >= 4 is 0 Å². The third-order valence-electron chi connectivity index (χ3n) is 3.98. The largest absolute Gasteiger partial charge is 0.401 e. The quantitative estimate of drug-likeness (QED) is 0.770. The van der Waals surface area contributed by atoms with Crippen LogP contribution in [0.3, 0.4) is 0 Å². The summed E-state index contributed by atoms with van der Waals surface area (Å²) in [4.78, 5) is 1.51. The van der Waals surface area contributed by atoms with Gasteiger partial charge in [-0.1, -0.05) is 0 Å². The van der Waals surface area contributed by atoms with Crippen LogP contribution in [0, 0.1) is 11.8 Å². The van der Waals surface area contributed by atoms with Crippen molar-refractivity contribution in [1.29, 1.82) is 0 Å². The highest BCUT2D eigenvalue weighted by Gasteiger charge is 2.35. The zero-order valence-corrected chi connectivity index (χ0v) is 11.4. The molecule has 2 unspecified atom stereocenters. The molecule has 1 N–H and O–H groups in total. The summed E-state index contributed by atoms with van der Waals surface area (Å²) >= 11 is 0. The van der Waals surface area contributed by atoms with Gasteiger partial charge in [-0.15, -0.1) is 0 Å². The van der Waals surface area contributed by atoms with Crippen LogP contribution in [0.5, 0.6) is 0 Å². The van der Waals surface area contributed by atoms with E-state index in [1.54, 1.807) is 7.11 Å². The molecule has 1 aliphatic heterocycles. The van der Waals surface area contributed by atoms with Crippen LogP contribution >= 0.6 is 0 Å². The van der Waals surface area contributed by atoms with E-state index >= 15 is 0 Å². The fourth-order valence-electron chi connectivity index (χ4n) is 2.83. The Hall–Kier alpha value is -0.330. The Bertz CT molecular complexity index is 282. The normalized spacial score (nSPS) is 26.8. The van der Waals surface area contributed by atoms with Crippen LogP contribution in [-0.2, 0) is 4.74 Å². The number of likely N-dealkylation sites (tertiary alicyclic amines) is 1. The van der Waals surface area contributed by atoms with Crippen molar-refractivity contribution in [2.24, 2.45) is 11.8 Å². The van der Waals surface area contributed by atoms with Crippen LogP contribution in [0.25, 0.3) is 0 Å². The third kappa shape index (κ3) is 5.28. The number of rotatable bonds is 7. The second-order valence-corrected chi connectivity index (χ2v) is 5.81. The van der Waals surface area contributed by atoms with Gasteiger partial charge in [0.05, 0.1) is 13.2 Å². The molecule has 2 fully saturated rings. The minimum absolute atomic E-state index is 0.334. The van der Waals surface area contributed by atoms with Gasteiger partial charge in [0.25, 0.3) is 0 Å². The second kappa shape index (κ2) is 6.41. The van der Waals surface area contributed by atoms with Crippen molar-refractivity contribution in [3.8, 4) is 0 Å². The Morgan fingerprint density at radius 3 is 2.63 bits per heavy atom. The van der Waals surface area contributed by atoms with Crippen LogP contribution in [0.15, 0.2) is 0 Å². The summed E-state index contributed by atoms with van der Waals surface area (Å²) in [6.07, 6.45) is -0.736. The van der Waals surface area contributed by atoms with Gasteiger partial charge in [-0.25, -0.2) is 0 Å². The summed E-state index contributed by atoms with van der Waals surface area (Å²) in [7, 11) is 1.69. The monoisotopic (exact) mass is 280 g/mol. The fraction of sp³-hybridized carbons (Fsp3) is 1.00. The first-order chi connectivity index (χ1) is 8.98. The van der Waals surface area contributed by atoms with Gasteiger partial charge in [-0.05, 0) is 44.2 Å². The van der Waals surface area contributed by atoms with E-state index < -0.39 is 12.7 Å². The van der Waals surface area contributed by atoms with Crippen LogP contribution in [0.2, 0.25) is 0 Å². The molecule has 1 aliphatic carbocycles. The Labute approximate surface area is 112 Å². The van der Waals surface area contributed by atoms with Crippen molar-refractivity contribution < 1.29 is 17.9 Å². The predicted octanol–water partition coefficient (Wildman–Crippen LogP) is 1.89. The van der Waals surface area contributed by atoms with Crippen molar-refractivity contribution in [2.75, 3.05) is 39.9 Å². The summed E-state index contributed by atoms with van der Waals surface area (Å²) in [6, 6.07) is 0.377. The van der Waals surface area contributed by atoms with Crippen molar-refractivity contribution in [3.05, 3.63) is 0 Å². The summed E-state index contributed by atoms with van der Waals surface area (Å²) < 4.78 is 42.1. The number of halogens is 3. The minimum Gasteiger partial charge on any atom is -0.383 e. The lowest BCUT2D eigenvalue weighted by atomic mass is 10.1. The molecule has 1 saturated heterocycles. The molecule has 1 heterocycles. The average Bonchev–Trinajstić information content (AvgIpc) is 3.05. The molecule has 112 valence electrons. The number of hydrogen-bond acceptors (Lipinski definition) is 3. The van der Waals surface area contributed by atoms with E-state index in [1.165, 1.54) is 17.7 Å². The first kappa shape index (κ1) is 15.1. The molecule has 0 aromatic heterocycles. The lowest BCUT2D eigenvalue weighted by molar-refractivity contribution is -0.143. The van der Waals surface area contributed by atoms with Crippen LogP contribution < -0.4 is 5.32 Å². The lowest BCUT2D eigenvalue weighted by Crippen LogP contribution is -2.39. The molecule has 2 atom stereocenters. The van der Waals surface area contributed by atoms with Gasteiger partial charge in [-0.3, -0.25) is 4.90 Å². The summed E-state index contributed by atoms with van der Waals surface area (Å²) in [5, 5.41) is 3.48. The van der Waals surface area contributed by atoms with Crippen LogP contribution in [0.1, 0.15) is 19.3 Å². The highest BCUT2D eigenvalue weighted by molar-refractivity contribution is 4.88. The van der Waals surface area contributed by atoms with Gasteiger partial charge in [0, 0.05) is 19.7 Å². The number of hydrogen-bond donors (Lipinski definition) is 1. The third-order valence-corrected chi connectivity index (χ3v) is 3.98. The SMILES string of the molecule is COCC(NCC1CCN(CC(F)(F)F)C1)C1CC1. The minimum atomic E-state index is -4.07. The topological polar surface area (TPSA) is 24.5 Å². The van der Waals surface area contributed by atoms with E-state index in [9.17, 15) is 13.2 Å². The highest BCUT2D eigenvalue weighted by atomic mass is 19.4. The van der Waals surface area contributed by atoms with Gasteiger partial charge in [0.2, 0.25) is 0 Å². The maximum Gasteiger partial charge on any atom is 0.401 e. The highest BCUT2D eigenvalue weighted by Crippen LogP contribution is 2.33. The summed E-state index contributed by atoms with van der Waals surface area (Å²) in [5.74, 6) is 1.04. The first-order valence-corrected chi connectivity index (χ1v) is 6.99. The average molecular weight is 280 g/mol. The number of nitrogens with one attached hydrogen (secondary N) is 1. The lowest BCUT2D eigenvalue weighted by Gasteiger charge is -2.21. The van der Waals surface area contributed by atoms with E-state index in [-0.39, 0.29) is 0 Å². The van der Waals surface area contributed by atoms with Crippen molar-refractivity contribution in [3.63, 3.8) is 0 Å². The number of methoxy groups -OCH3 is 1. The number of nitrogens with zero attached hydrogens (tertiary/aromatic N) is 1. The number of alkyl halides is 3. The van der Waals surface area contributed by atoms with E-state index in [1.807, 2.05) is 0 Å². The van der Waals surface area contributed by atoms with E-state index in [0.717, 1.165) is 13.0 Å². The molecule has 0 aromatic rings. The van der Waals surface area contributed by atoms with E-state index in [4.69, 9.17) is 4.74 Å². The molecule has 0 spiro atoms. The Morgan fingerprint density at radius 2 is 2.05 bits per heavy atom. The molecular formula is C13H23F3N2O. The maximum absolute atomic E-state index is 12.3. The molecule has 0 radical (unpaired) electrons.